The number of Topliss-reactive ketones (excluding diaryl/α,β-unsaturated/α-hetero) is 1. The number of aromatic nitrogens is 1. The molecule has 2 aromatic rings. The first-order chi connectivity index (χ1) is 10.9. The molecule has 0 aliphatic carbocycles. The Hall–Kier alpha value is -2.83. The van der Waals surface area contributed by atoms with Crippen molar-refractivity contribution in [3.63, 3.8) is 0 Å². The van der Waals surface area contributed by atoms with Crippen molar-refractivity contribution in [1.29, 1.82) is 0 Å². The van der Waals surface area contributed by atoms with Crippen LogP contribution in [-0.2, 0) is 9.47 Å². The molecule has 1 N–H and O–H groups in total. The summed E-state index contributed by atoms with van der Waals surface area (Å²) in [6.07, 6.45) is 1.56. The molecule has 0 saturated carbocycles. The summed E-state index contributed by atoms with van der Waals surface area (Å²) in [7, 11) is 1.27. The molecule has 0 fully saturated rings. The lowest BCUT2D eigenvalue weighted by atomic mass is 10.1. The summed E-state index contributed by atoms with van der Waals surface area (Å²) in [6, 6.07) is 1.44. The molecule has 0 spiro atoms. The van der Waals surface area contributed by atoms with Crippen molar-refractivity contribution >= 4 is 17.7 Å². The predicted octanol–water partition coefficient (Wildman–Crippen LogP) is 2.44. The second-order valence-corrected chi connectivity index (χ2v) is 5.04. The van der Waals surface area contributed by atoms with Crippen LogP contribution in [-0.4, -0.2) is 35.9 Å². The number of nitrogens with one attached hydrogen (secondary N) is 1. The molecule has 2 rings (SSSR count). The Labute approximate surface area is 132 Å². The van der Waals surface area contributed by atoms with Crippen LogP contribution < -0.4 is 0 Å². The summed E-state index contributed by atoms with van der Waals surface area (Å²) in [5.74, 6) is -1.62. The standard InChI is InChI=1S/C16H17NO6/c1-8-12(16(20)21-4)9(2)17-13(8)14(18)10(3)23-15(19)11-5-6-22-7-11/h5-7,10,17H,1-4H3. The van der Waals surface area contributed by atoms with Crippen LogP contribution >= 0.6 is 0 Å². The largest absolute Gasteiger partial charge is 0.472 e. The molecule has 2 heterocycles. The van der Waals surface area contributed by atoms with Gasteiger partial charge in [-0.25, -0.2) is 9.59 Å². The zero-order valence-electron chi connectivity index (χ0n) is 13.3. The minimum atomic E-state index is -1.01. The van der Waals surface area contributed by atoms with E-state index in [1.165, 1.54) is 32.6 Å². The van der Waals surface area contributed by atoms with Crippen molar-refractivity contribution < 1.29 is 28.3 Å². The number of ether oxygens (including phenoxy) is 2. The second-order valence-electron chi connectivity index (χ2n) is 5.04. The molecule has 1 unspecified atom stereocenters. The van der Waals surface area contributed by atoms with E-state index in [-0.39, 0.29) is 11.3 Å². The molecule has 0 aliphatic heterocycles. The van der Waals surface area contributed by atoms with Gasteiger partial charge in [0.25, 0.3) is 0 Å². The minimum absolute atomic E-state index is 0.218. The molecule has 1 atom stereocenters. The summed E-state index contributed by atoms with van der Waals surface area (Å²) in [5.41, 5.74) is 1.73. The Bertz CT molecular complexity index is 741. The van der Waals surface area contributed by atoms with Gasteiger partial charge in [0, 0.05) is 5.69 Å². The highest BCUT2D eigenvalue weighted by Crippen LogP contribution is 2.21. The zero-order valence-corrected chi connectivity index (χ0v) is 13.3. The van der Waals surface area contributed by atoms with E-state index in [2.05, 4.69) is 4.98 Å². The Morgan fingerprint density at radius 1 is 1.22 bits per heavy atom. The van der Waals surface area contributed by atoms with Crippen molar-refractivity contribution in [2.75, 3.05) is 7.11 Å². The lowest BCUT2D eigenvalue weighted by Crippen LogP contribution is -2.25. The van der Waals surface area contributed by atoms with Gasteiger partial charge in [0.15, 0.2) is 6.10 Å². The molecule has 23 heavy (non-hydrogen) atoms. The first-order valence-corrected chi connectivity index (χ1v) is 6.91. The average molecular weight is 319 g/mol. The quantitative estimate of drug-likeness (QED) is 0.671. The number of rotatable bonds is 5. The zero-order chi connectivity index (χ0) is 17.1. The molecule has 2 aromatic heterocycles. The number of hydrogen-bond donors (Lipinski definition) is 1. The third-order valence-corrected chi connectivity index (χ3v) is 3.48. The van der Waals surface area contributed by atoms with Gasteiger partial charge in [-0.15, -0.1) is 0 Å². The first kappa shape index (κ1) is 16.5. The van der Waals surface area contributed by atoms with Gasteiger partial charge in [0.05, 0.1) is 30.2 Å². The number of aryl methyl sites for hydroxylation is 1. The van der Waals surface area contributed by atoms with Gasteiger partial charge in [-0.3, -0.25) is 4.79 Å². The van der Waals surface area contributed by atoms with Gasteiger partial charge in [-0.05, 0) is 32.4 Å². The molecule has 7 nitrogen and oxygen atoms in total. The van der Waals surface area contributed by atoms with Crippen LogP contribution in [0.2, 0.25) is 0 Å². The number of methoxy groups -OCH3 is 1. The summed E-state index contributed by atoms with van der Waals surface area (Å²) in [4.78, 5) is 38.9. The number of aromatic amines is 1. The molecule has 0 bridgehead atoms. The molecule has 0 aliphatic rings. The maximum atomic E-state index is 12.5. The highest BCUT2D eigenvalue weighted by Gasteiger charge is 2.27. The van der Waals surface area contributed by atoms with E-state index in [0.29, 0.717) is 16.8 Å². The van der Waals surface area contributed by atoms with Gasteiger partial charge < -0.3 is 18.9 Å². The molecule has 0 aromatic carbocycles. The van der Waals surface area contributed by atoms with Gasteiger partial charge in [0.1, 0.15) is 6.26 Å². The normalized spacial score (nSPS) is 11.8. The Kier molecular flexibility index (Phi) is 4.68. The van der Waals surface area contributed by atoms with Crippen molar-refractivity contribution in [3.8, 4) is 0 Å². The van der Waals surface area contributed by atoms with Crippen LogP contribution in [0.4, 0.5) is 0 Å². The number of furan rings is 1. The summed E-state index contributed by atoms with van der Waals surface area (Å²) in [6.45, 7) is 4.76. The monoisotopic (exact) mass is 319 g/mol. The third kappa shape index (κ3) is 3.18. The van der Waals surface area contributed by atoms with Crippen LogP contribution in [0, 0.1) is 13.8 Å². The van der Waals surface area contributed by atoms with Crippen LogP contribution in [0.1, 0.15) is 49.4 Å². The molecule has 7 heteroatoms. The van der Waals surface area contributed by atoms with Crippen LogP contribution in [0.5, 0.6) is 0 Å². The highest BCUT2D eigenvalue weighted by molar-refractivity contribution is 6.04. The fraction of sp³-hybridized carbons (Fsp3) is 0.312. The van der Waals surface area contributed by atoms with Crippen molar-refractivity contribution in [2.45, 2.75) is 26.9 Å². The number of H-pyrrole nitrogens is 1. The van der Waals surface area contributed by atoms with E-state index in [1.54, 1.807) is 13.8 Å². The van der Waals surface area contributed by atoms with E-state index in [9.17, 15) is 14.4 Å². The molecule has 122 valence electrons. The Morgan fingerprint density at radius 2 is 1.91 bits per heavy atom. The lowest BCUT2D eigenvalue weighted by Gasteiger charge is -2.11. The van der Waals surface area contributed by atoms with Crippen molar-refractivity contribution in [1.82, 2.24) is 4.98 Å². The lowest BCUT2D eigenvalue weighted by molar-refractivity contribution is 0.0316. The van der Waals surface area contributed by atoms with E-state index in [0.717, 1.165) is 0 Å². The highest BCUT2D eigenvalue weighted by atomic mass is 16.5. The SMILES string of the molecule is COC(=O)c1c(C)[nH]c(C(=O)C(C)OC(=O)c2ccoc2)c1C. The Morgan fingerprint density at radius 3 is 2.48 bits per heavy atom. The van der Waals surface area contributed by atoms with Crippen LogP contribution in [0.15, 0.2) is 23.0 Å². The summed E-state index contributed by atoms with van der Waals surface area (Å²) >= 11 is 0. The second kappa shape index (κ2) is 6.51. The molecule has 0 amide bonds. The number of carbonyl (C=O) groups is 3. The van der Waals surface area contributed by atoms with Crippen LogP contribution in [0.25, 0.3) is 0 Å². The van der Waals surface area contributed by atoms with Crippen LogP contribution in [0.3, 0.4) is 0 Å². The number of ketones is 1. The maximum Gasteiger partial charge on any atom is 0.342 e. The van der Waals surface area contributed by atoms with Crippen molar-refractivity contribution in [2.24, 2.45) is 0 Å². The summed E-state index contributed by atoms with van der Waals surface area (Å²) in [5, 5.41) is 0. The number of hydrogen-bond acceptors (Lipinski definition) is 6. The predicted molar refractivity (Wildman–Crippen MR) is 79.5 cm³/mol. The summed E-state index contributed by atoms with van der Waals surface area (Å²) < 4.78 is 14.6. The topological polar surface area (TPSA) is 98.6 Å². The van der Waals surface area contributed by atoms with E-state index < -0.39 is 23.8 Å². The van der Waals surface area contributed by atoms with Gasteiger partial charge in [-0.2, -0.15) is 0 Å². The Balaban J connectivity index is 2.20. The van der Waals surface area contributed by atoms with E-state index in [4.69, 9.17) is 13.9 Å². The minimum Gasteiger partial charge on any atom is -0.472 e. The van der Waals surface area contributed by atoms with Crippen molar-refractivity contribution in [3.05, 3.63) is 46.7 Å². The van der Waals surface area contributed by atoms with Gasteiger partial charge >= 0.3 is 11.9 Å². The number of carbonyl (C=O) groups excluding carboxylic acids is 3. The fourth-order valence-electron chi connectivity index (χ4n) is 2.27. The van der Waals surface area contributed by atoms with Gasteiger partial charge in [-0.1, -0.05) is 0 Å². The fourth-order valence-corrected chi connectivity index (χ4v) is 2.27. The maximum absolute atomic E-state index is 12.5. The van der Waals surface area contributed by atoms with Gasteiger partial charge in [0.2, 0.25) is 5.78 Å². The van der Waals surface area contributed by atoms with E-state index >= 15 is 0 Å². The number of esters is 2. The molecular weight excluding hydrogens is 302 g/mol. The molecule has 0 radical (unpaired) electrons. The third-order valence-electron chi connectivity index (χ3n) is 3.48. The molecule has 0 saturated heterocycles. The molecular formula is C16H17NO6. The smallest absolute Gasteiger partial charge is 0.342 e. The van der Waals surface area contributed by atoms with E-state index in [1.807, 2.05) is 0 Å². The first-order valence-electron chi connectivity index (χ1n) is 6.91. The average Bonchev–Trinajstić information content (AvgIpc) is 3.14.